The lowest BCUT2D eigenvalue weighted by Crippen LogP contribution is -2.68. The molecule has 1 fully saturated rings. The van der Waals surface area contributed by atoms with Crippen LogP contribution in [0, 0.1) is 5.92 Å². The maximum atomic E-state index is 14.0. The van der Waals surface area contributed by atoms with Gasteiger partial charge in [-0.15, -0.1) is 0 Å². The van der Waals surface area contributed by atoms with Gasteiger partial charge in [0.15, 0.2) is 0 Å². The average molecular weight is 902 g/mol. The number of likely N-dealkylation sites (tertiary alicyclic amines) is 1. The van der Waals surface area contributed by atoms with Gasteiger partial charge in [-0.1, -0.05) is 148 Å². The first-order valence-corrected chi connectivity index (χ1v) is 24.0. The number of β-lactam (4-membered cyclic amide) rings is 1. The summed E-state index contributed by atoms with van der Waals surface area (Å²) in [6, 6.07) is 49.3. The van der Waals surface area contributed by atoms with E-state index in [1.54, 1.807) is 69.3 Å². The highest BCUT2D eigenvalue weighted by molar-refractivity contribution is 7.00. The van der Waals surface area contributed by atoms with E-state index >= 15 is 0 Å². The van der Waals surface area contributed by atoms with Gasteiger partial charge >= 0.3 is 26.2 Å². The largest absolute Gasteiger partial charge is 0.534 e. The first-order chi connectivity index (χ1) is 31.5. The second-order valence-corrected chi connectivity index (χ2v) is 22.7. The molecule has 10 nitrogen and oxygen atoms in total. The van der Waals surface area contributed by atoms with Crippen molar-refractivity contribution in [2.45, 2.75) is 84.3 Å². The van der Waals surface area contributed by atoms with Gasteiger partial charge in [0.1, 0.15) is 30.6 Å². The lowest BCUT2D eigenvalue weighted by atomic mass is 9.81. The van der Waals surface area contributed by atoms with Crippen molar-refractivity contribution in [3.63, 3.8) is 0 Å². The molecule has 338 valence electrons. The molecule has 2 atom stereocenters. The lowest BCUT2D eigenvalue weighted by molar-refractivity contribution is -0.180. The minimum absolute atomic E-state index is 0.0841. The van der Waals surface area contributed by atoms with Gasteiger partial charge in [0, 0.05) is 0 Å². The third kappa shape index (κ3) is 10.9. The van der Waals surface area contributed by atoms with Gasteiger partial charge in [0.25, 0.3) is 0 Å². The summed E-state index contributed by atoms with van der Waals surface area (Å²) in [6.07, 6.45) is -0.0857. The molecule has 6 aromatic rings. The lowest BCUT2D eigenvalue weighted by Gasteiger charge is -2.44. The Morgan fingerprint density at radius 1 is 0.561 bits per heavy atom. The van der Waals surface area contributed by atoms with Crippen LogP contribution >= 0.6 is 0 Å². The predicted octanol–water partition coefficient (Wildman–Crippen LogP) is 8.82. The molecule has 0 aromatic heterocycles. The van der Waals surface area contributed by atoms with Crippen LogP contribution in [0.4, 0.5) is 0 Å². The number of nitrogens with zero attached hydrogens (tertiary/aromatic N) is 1. The topological polar surface area (TPSA) is 126 Å². The van der Waals surface area contributed by atoms with Crippen molar-refractivity contribution in [3.05, 3.63) is 197 Å². The van der Waals surface area contributed by atoms with Crippen molar-refractivity contribution in [3.8, 4) is 5.75 Å². The molecule has 0 saturated carbocycles. The number of hydrogen-bond donors (Lipinski definition) is 0. The molecule has 0 bridgehead atoms. The molecule has 1 saturated heterocycles. The number of esters is 3. The third-order valence-electron chi connectivity index (χ3n) is 11.5. The summed E-state index contributed by atoms with van der Waals surface area (Å²) in [5, 5.41) is 2.00. The Balaban J connectivity index is 1.10. The van der Waals surface area contributed by atoms with Crippen LogP contribution in [0.2, 0.25) is 5.04 Å². The van der Waals surface area contributed by atoms with Gasteiger partial charge in [0.05, 0.1) is 23.5 Å². The molecule has 66 heavy (non-hydrogen) atoms. The fourth-order valence-electron chi connectivity index (χ4n) is 8.26. The Bertz CT molecular complexity index is 2620. The number of amides is 2. The SMILES string of the molecule is CC(C)(C)OC(=O)c1ccc(COC(=O)[C@@H]2[C@H](Cc3ccc(O[Si](c4ccccc4)(c4ccccc4)C(C)(C)C)cc3)C(=O)N2C(=O)Cc2cccc(C(=O)OCc3ccccc3)c2)cc1. The van der Waals surface area contributed by atoms with E-state index in [9.17, 15) is 24.0 Å². The van der Waals surface area contributed by atoms with Crippen LogP contribution in [0.3, 0.4) is 0 Å². The van der Waals surface area contributed by atoms with E-state index in [4.69, 9.17) is 18.6 Å². The highest BCUT2D eigenvalue weighted by Gasteiger charge is 2.55. The molecule has 0 spiro atoms. The molecule has 11 heteroatoms. The summed E-state index contributed by atoms with van der Waals surface area (Å²) >= 11 is 0. The van der Waals surface area contributed by atoms with Crippen molar-refractivity contribution in [2.24, 2.45) is 5.92 Å². The number of carbonyl (C=O) groups is 5. The first-order valence-electron chi connectivity index (χ1n) is 22.1. The molecular weight excluding hydrogens is 847 g/mol. The zero-order valence-corrected chi connectivity index (χ0v) is 39.2. The van der Waals surface area contributed by atoms with Crippen molar-refractivity contribution >= 4 is 48.4 Å². The van der Waals surface area contributed by atoms with E-state index < -0.39 is 55.6 Å². The summed E-state index contributed by atoms with van der Waals surface area (Å²) < 4.78 is 23.9. The van der Waals surface area contributed by atoms with Crippen LogP contribution in [0.5, 0.6) is 5.75 Å². The zero-order chi connectivity index (χ0) is 47.1. The molecular formula is C55H55NO9Si. The summed E-state index contributed by atoms with van der Waals surface area (Å²) in [6.45, 7) is 11.9. The highest BCUT2D eigenvalue weighted by Crippen LogP contribution is 2.38. The number of imide groups is 1. The summed E-state index contributed by atoms with van der Waals surface area (Å²) in [5.41, 5.74) is 2.61. The molecule has 0 unspecified atom stereocenters. The van der Waals surface area contributed by atoms with Crippen molar-refractivity contribution in [1.82, 2.24) is 4.90 Å². The van der Waals surface area contributed by atoms with E-state index in [1.165, 1.54) is 0 Å². The number of carbonyl (C=O) groups excluding carboxylic acids is 5. The quantitative estimate of drug-likeness (QED) is 0.0430. The third-order valence-corrected chi connectivity index (χ3v) is 16.4. The molecule has 0 radical (unpaired) electrons. The second kappa shape index (κ2) is 20.0. The van der Waals surface area contributed by atoms with Gasteiger partial charge in [-0.3, -0.25) is 14.5 Å². The molecule has 6 aromatic carbocycles. The minimum atomic E-state index is -2.92. The number of ether oxygens (including phenoxy) is 3. The van der Waals surface area contributed by atoms with Gasteiger partial charge < -0.3 is 18.6 Å². The first kappa shape index (κ1) is 46.9. The Hall–Kier alpha value is -7.11. The van der Waals surface area contributed by atoms with Crippen LogP contribution in [0.25, 0.3) is 0 Å². The van der Waals surface area contributed by atoms with Crippen LogP contribution in [0.15, 0.2) is 164 Å². The Kier molecular flexibility index (Phi) is 14.2. The number of rotatable bonds is 15. The van der Waals surface area contributed by atoms with E-state index in [1.807, 2.05) is 91.0 Å². The number of hydrogen-bond acceptors (Lipinski definition) is 9. The Labute approximate surface area is 387 Å². The summed E-state index contributed by atoms with van der Waals surface area (Å²) in [7, 11) is -2.92. The standard InChI is InChI=1S/C55H55NO9Si/c1-54(2,3)64-52(60)42-29-25-40(26-30-42)37-63-53(61)49-47(50(58)56(49)48(57)35-41-19-16-20-43(33-41)51(59)62-36-39-17-10-7-11-18-39)34-38-27-31-44(32-28-38)65-66(55(4,5)6,45-21-12-8-13-22-45)46-23-14-9-15-24-46/h7-33,47,49H,34-37H2,1-6H3/t47-,49-/m0/s1. The normalized spacial score (nSPS) is 15.0. The molecule has 7 rings (SSSR count). The monoisotopic (exact) mass is 901 g/mol. The predicted molar refractivity (Wildman–Crippen MR) is 255 cm³/mol. The van der Waals surface area contributed by atoms with Gasteiger partial charge in [-0.05, 0) is 101 Å². The Morgan fingerprint density at radius 2 is 1.09 bits per heavy atom. The zero-order valence-electron chi connectivity index (χ0n) is 38.2. The fourth-order valence-corrected chi connectivity index (χ4v) is 12.7. The second-order valence-electron chi connectivity index (χ2n) is 18.5. The van der Waals surface area contributed by atoms with Crippen molar-refractivity contribution < 1.29 is 42.6 Å². The molecule has 2 amide bonds. The van der Waals surface area contributed by atoms with E-state index in [0.717, 1.165) is 26.4 Å². The van der Waals surface area contributed by atoms with Crippen LogP contribution in [0.1, 0.15) is 84.5 Å². The van der Waals surface area contributed by atoms with Crippen molar-refractivity contribution in [2.75, 3.05) is 0 Å². The number of benzene rings is 6. The van der Waals surface area contributed by atoms with E-state index in [0.29, 0.717) is 22.4 Å². The van der Waals surface area contributed by atoms with Gasteiger partial charge in [-0.25, -0.2) is 14.4 Å². The van der Waals surface area contributed by atoms with Gasteiger partial charge in [-0.2, -0.15) is 0 Å². The smallest absolute Gasteiger partial charge is 0.338 e. The van der Waals surface area contributed by atoms with E-state index in [2.05, 4.69) is 45.0 Å². The highest BCUT2D eigenvalue weighted by atomic mass is 28.4. The molecule has 1 heterocycles. The van der Waals surface area contributed by atoms with Crippen LogP contribution in [-0.4, -0.2) is 54.6 Å². The maximum absolute atomic E-state index is 14.0. The fraction of sp³-hybridized carbons (Fsp3) is 0.255. The van der Waals surface area contributed by atoms with Crippen molar-refractivity contribution in [1.29, 1.82) is 0 Å². The molecule has 0 aliphatic carbocycles. The summed E-state index contributed by atoms with van der Waals surface area (Å²) in [4.78, 5) is 68.6. The molecule has 1 aliphatic rings. The minimum Gasteiger partial charge on any atom is -0.534 e. The molecule has 1 aliphatic heterocycles. The maximum Gasteiger partial charge on any atom is 0.338 e. The molecule has 0 N–H and O–H groups in total. The Morgan fingerprint density at radius 3 is 1.67 bits per heavy atom. The average Bonchev–Trinajstić information content (AvgIpc) is 3.30. The van der Waals surface area contributed by atoms with Crippen LogP contribution < -0.4 is 14.8 Å². The van der Waals surface area contributed by atoms with Crippen LogP contribution in [-0.2, 0) is 54.6 Å². The van der Waals surface area contributed by atoms with Gasteiger partial charge in [0.2, 0.25) is 11.8 Å². The summed E-state index contributed by atoms with van der Waals surface area (Å²) in [5.74, 6) is -3.11. The van der Waals surface area contributed by atoms with E-state index in [-0.39, 0.29) is 36.7 Å².